The van der Waals surface area contributed by atoms with Crippen molar-refractivity contribution in [2.45, 2.75) is 19.3 Å². The molecule has 2 rings (SSSR count). The topological polar surface area (TPSA) is 29.5 Å². The number of aliphatic hydroxyl groups excluding tert-OH is 1. The lowest BCUT2D eigenvalue weighted by Gasteiger charge is -2.40. The number of halogens is 1. The molecule has 1 aliphatic heterocycles. The summed E-state index contributed by atoms with van der Waals surface area (Å²) in [5.41, 5.74) is 1.38. The zero-order chi connectivity index (χ0) is 11.6. The van der Waals surface area contributed by atoms with Gasteiger partial charge in [0, 0.05) is 23.0 Å². The predicted molar refractivity (Wildman–Crippen MR) is 64.8 cm³/mol. The summed E-state index contributed by atoms with van der Waals surface area (Å²) >= 11 is 5.85. The lowest BCUT2D eigenvalue weighted by atomic mass is 9.77. The van der Waals surface area contributed by atoms with Crippen molar-refractivity contribution in [1.29, 1.82) is 0 Å². The average Bonchev–Trinajstić information content (AvgIpc) is 2.25. The van der Waals surface area contributed by atoms with Crippen molar-refractivity contribution >= 4 is 11.6 Å². The van der Waals surface area contributed by atoms with Crippen LogP contribution in [-0.4, -0.2) is 24.9 Å². The molecule has 0 radical (unpaired) electrons. The second-order valence-corrected chi connectivity index (χ2v) is 5.38. The van der Waals surface area contributed by atoms with Gasteiger partial charge in [0.25, 0.3) is 0 Å². The molecule has 0 aromatic heterocycles. The molecule has 0 saturated carbocycles. The van der Waals surface area contributed by atoms with E-state index < -0.39 is 0 Å². The van der Waals surface area contributed by atoms with Crippen molar-refractivity contribution in [3.63, 3.8) is 0 Å². The highest BCUT2D eigenvalue weighted by atomic mass is 35.5. The van der Waals surface area contributed by atoms with Gasteiger partial charge in [-0.05, 0) is 24.1 Å². The molecule has 88 valence electrons. The molecule has 1 N–H and O–H groups in total. The van der Waals surface area contributed by atoms with E-state index in [0.29, 0.717) is 0 Å². The van der Waals surface area contributed by atoms with E-state index in [1.807, 2.05) is 24.3 Å². The van der Waals surface area contributed by atoms with Crippen molar-refractivity contribution in [3.8, 4) is 0 Å². The Hall–Kier alpha value is -0.570. The first-order valence-corrected chi connectivity index (χ1v) is 5.95. The molecule has 16 heavy (non-hydrogen) atoms. The highest BCUT2D eigenvalue weighted by Crippen LogP contribution is 2.37. The highest BCUT2D eigenvalue weighted by Gasteiger charge is 2.35. The van der Waals surface area contributed by atoms with E-state index in [1.165, 1.54) is 0 Å². The SMILES string of the molecule is CC1(CC(CO)c2ccc(Cl)cc2)COC1. The second-order valence-electron chi connectivity index (χ2n) is 4.94. The minimum absolute atomic E-state index is 0.178. The Morgan fingerprint density at radius 2 is 2.00 bits per heavy atom. The Bertz CT molecular complexity index is 343. The molecule has 1 heterocycles. The molecule has 1 atom stereocenters. The van der Waals surface area contributed by atoms with E-state index in [-0.39, 0.29) is 17.9 Å². The van der Waals surface area contributed by atoms with E-state index >= 15 is 0 Å². The van der Waals surface area contributed by atoms with Crippen molar-refractivity contribution in [2.75, 3.05) is 19.8 Å². The standard InChI is InChI=1S/C13H17ClO2/c1-13(8-16-9-13)6-11(7-15)10-2-4-12(14)5-3-10/h2-5,11,15H,6-9H2,1H3. The molecule has 1 aromatic rings. The summed E-state index contributed by atoms with van der Waals surface area (Å²) < 4.78 is 5.24. The first kappa shape index (κ1) is 11.9. The molecule has 2 nitrogen and oxygen atoms in total. The maximum atomic E-state index is 9.46. The van der Waals surface area contributed by atoms with Gasteiger partial charge < -0.3 is 9.84 Å². The normalized spacial score (nSPS) is 20.2. The minimum atomic E-state index is 0.178. The molecule has 1 fully saturated rings. The fourth-order valence-corrected chi connectivity index (χ4v) is 2.31. The minimum Gasteiger partial charge on any atom is -0.396 e. The molecule has 1 unspecified atom stereocenters. The van der Waals surface area contributed by atoms with Crippen LogP contribution in [0.25, 0.3) is 0 Å². The Morgan fingerprint density at radius 3 is 2.44 bits per heavy atom. The van der Waals surface area contributed by atoms with Gasteiger partial charge in [-0.1, -0.05) is 30.7 Å². The first-order chi connectivity index (χ1) is 7.63. The van der Waals surface area contributed by atoms with Gasteiger partial charge in [0.05, 0.1) is 13.2 Å². The molecular formula is C13H17ClO2. The lowest BCUT2D eigenvalue weighted by Crippen LogP contribution is -2.41. The van der Waals surface area contributed by atoms with Gasteiger partial charge in [-0.15, -0.1) is 0 Å². The maximum absolute atomic E-state index is 9.46. The Labute approximate surface area is 101 Å². The number of benzene rings is 1. The van der Waals surface area contributed by atoms with E-state index in [9.17, 15) is 5.11 Å². The monoisotopic (exact) mass is 240 g/mol. The van der Waals surface area contributed by atoms with Gasteiger partial charge in [-0.25, -0.2) is 0 Å². The van der Waals surface area contributed by atoms with Gasteiger partial charge >= 0.3 is 0 Å². The lowest BCUT2D eigenvalue weighted by molar-refractivity contribution is -0.110. The van der Waals surface area contributed by atoms with Crippen LogP contribution >= 0.6 is 11.6 Å². The summed E-state index contributed by atoms with van der Waals surface area (Å²) in [4.78, 5) is 0. The third kappa shape index (κ3) is 2.57. The zero-order valence-corrected chi connectivity index (χ0v) is 10.2. The maximum Gasteiger partial charge on any atom is 0.0542 e. The molecule has 1 aromatic carbocycles. The number of hydrogen-bond donors (Lipinski definition) is 1. The van der Waals surface area contributed by atoms with Crippen LogP contribution in [-0.2, 0) is 4.74 Å². The van der Waals surface area contributed by atoms with Crippen LogP contribution in [0.15, 0.2) is 24.3 Å². The fourth-order valence-electron chi connectivity index (χ4n) is 2.19. The van der Waals surface area contributed by atoms with E-state index in [2.05, 4.69) is 6.92 Å². The molecule has 0 aliphatic carbocycles. The fraction of sp³-hybridized carbons (Fsp3) is 0.538. The Balaban J connectivity index is 2.07. The molecule has 0 amide bonds. The number of aliphatic hydroxyl groups is 1. The summed E-state index contributed by atoms with van der Waals surface area (Å²) in [7, 11) is 0. The third-order valence-electron chi connectivity index (χ3n) is 3.20. The van der Waals surface area contributed by atoms with Gasteiger partial charge in [-0.2, -0.15) is 0 Å². The third-order valence-corrected chi connectivity index (χ3v) is 3.45. The van der Waals surface area contributed by atoms with Crippen LogP contribution in [0.2, 0.25) is 5.02 Å². The van der Waals surface area contributed by atoms with Crippen molar-refractivity contribution in [3.05, 3.63) is 34.9 Å². The van der Waals surface area contributed by atoms with Gasteiger partial charge in [-0.3, -0.25) is 0 Å². The molecular weight excluding hydrogens is 224 g/mol. The summed E-state index contributed by atoms with van der Waals surface area (Å²) in [6.45, 7) is 3.99. The Kier molecular flexibility index (Phi) is 3.53. The van der Waals surface area contributed by atoms with E-state index in [0.717, 1.165) is 30.2 Å². The van der Waals surface area contributed by atoms with Gasteiger partial charge in [0.1, 0.15) is 0 Å². The van der Waals surface area contributed by atoms with Crippen molar-refractivity contribution < 1.29 is 9.84 Å². The van der Waals surface area contributed by atoms with Crippen LogP contribution in [0.4, 0.5) is 0 Å². The van der Waals surface area contributed by atoms with Crippen LogP contribution in [0.5, 0.6) is 0 Å². The van der Waals surface area contributed by atoms with Crippen LogP contribution in [0, 0.1) is 5.41 Å². The van der Waals surface area contributed by atoms with Crippen molar-refractivity contribution in [2.24, 2.45) is 5.41 Å². The summed E-state index contributed by atoms with van der Waals surface area (Å²) in [6.07, 6.45) is 0.963. The molecule has 1 saturated heterocycles. The largest absolute Gasteiger partial charge is 0.396 e. The summed E-state index contributed by atoms with van der Waals surface area (Å²) in [5.74, 6) is 0.186. The molecule has 3 heteroatoms. The van der Waals surface area contributed by atoms with Crippen LogP contribution < -0.4 is 0 Å². The number of hydrogen-bond acceptors (Lipinski definition) is 2. The van der Waals surface area contributed by atoms with Gasteiger partial charge in [0.15, 0.2) is 0 Å². The average molecular weight is 241 g/mol. The summed E-state index contributed by atoms with van der Waals surface area (Å²) in [6, 6.07) is 7.73. The number of ether oxygens (including phenoxy) is 1. The smallest absolute Gasteiger partial charge is 0.0542 e. The molecule has 1 aliphatic rings. The Morgan fingerprint density at radius 1 is 1.38 bits per heavy atom. The quantitative estimate of drug-likeness (QED) is 0.877. The summed E-state index contributed by atoms with van der Waals surface area (Å²) in [5, 5.41) is 10.2. The van der Waals surface area contributed by atoms with E-state index in [4.69, 9.17) is 16.3 Å². The van der Waals surface area contributed by atoms with Crippen molar-refractivity contribution in [1.82, 2.24) is 0 Å². The van der Waals surface area contributed by atoms with Crippen LogP contribution in [0.1, 0.15) is 24.8 Å². The first-order valence-electron chi connectivity index (χ1n) is 5.57. The van der Waals surface area contributed by atoms with Crippen LogP contribution in [0.3, 0.4) is 0 Å². The second kappa shape index (κ2) is 4.74. The zero-order valence-electron chi connectivity index (χ0n) is 9.45. The molecule has 0 bridgehead atoms. The predicted octanol–water partition coefficient (Wildman–Crippen LogP) is 2.84. The van der Waals surface area contributed by atoms with Gasteiger partial charge in [0.2, 0.25) is 0 Å². The molecule has 0 spiro atoms. The highest BCUT2D eigenvalue weighted by molar-refractivity contribution is 6.30. The van der Waals surface area contributed by atoms with E-state index in [1.54, 1.807) is 0 Å². The number of rotatable bonds is 4.